The smallest absolute Gasteiger partial charge is 0.146 e. The van der Waals surface area contributed by atoms with Gasteiger partial charge < -0.3 is 5.11 Å². The quantitative estimate of drug-likeness (QED) is 0.382. The van der Waals surface area contributed by atoms with Crippen molar-refractivity contribution in [3.63, 3.8) is 0 Å². The zero-order valence-electron chi connectivity index (χ0n) is 16.9. The lowest BCUT2D eigenvalue weighted by Gasteiger charge is -2.10. The number of fused-ring (bicyclic) bond motifs is 1. The molecule has 0 fully saturated rings. The number of aromatic hydroxyl groups is 1. The van der Waals surface area contributed by atoms with Crippen LogP contribution in [0.3, 0.4) is 0 Å². The zero-order valence-corrected chi connectivity index (χ0v) is 17.7. The molecule has 0 bridgehead atoms. The Morgan fingerprint density at radius 1 is 0.893 bits per heavy atom. The minimum Gasteiger partial charge on any atom is -0.505 e. The van der Waals surface area contributed by atoms with E-state index in [-0.39, 0.29) is 5.75 Å². The molecule has 1 aromatic heterocycles. The van der Waals surface area contributed by atoms with E-state index in [1.54, 1.807) is 12.1 Å². The lowest BCUT2D eigenvalue weighted by Crippen LogP contribution is -2.02. The summed E-state index contributed by atoms with van der Waals surface area (Å²) in [6.45, 7) is 4.18. The number of hydrogen-bond donors (Lipinski definition) is 1. The molecule has 0 saturated heterocycles. The summed E-state index contributed by atoms with van der Waals surface area (Å²) >= 11 is 6.05. The van der Waals surface area contributed by atoms with Gasteiger partial charge in [-0.25, -0.2) is 0 Å². The average molecular weight is 400 g/mol. The van der Waals surface area contributed by atoms with Crippen molar-refractivity contribution in [1.82, 2.24) is 15.0 Å². The Morgan fingerprint density at radius 3 is 2.32 bits per heavy atom. The highest BCUT2D eigenvalue weighted by Gasteiger charge is 2.13. The summed E-state index contributed by atoms with van der Waals surface area (Å²) in [4.78, 5) is 1.51. The van der Waals surface area contributed by atoms with Crippen LogP contribution in [0.4, 0.5) is 0 Å². The summed E-state index contributed by atoms with van der Waals surface area (Å²) < 4.78 is 0. The Labute approximate surface area is 172 Å². The normalized spacial score (nSPS) is 11.4. The standard InChI is InChI=1S/C23H30ClN3O/c1-3-4-5-6-7-8-9-10-11-18-14-17(2)23(28)22(15-18)27-25-20-13-12-19(24)16-21(20)26-27/h12-16,28H,3-11H2,1-2H3. The number of halogens is 1. The van der Waals surface area contributed by atoms with Crippen molar-refractivity contribution in [2.45, 2.75) is 71.6 Å². The first-order valence-electron chi connectivity index (χ1n) is 10.4. The van der Waals surface area contributed by atoms with Gasteiger partial charge in [-0.15, -0.1) is 15.0 Å². The lowest BCUT2D eigenvalue weighted by molar-refractivity contribution is 0.463. The second-order valence-electron chi connectivity index (χ2n) is 7.63. The third kappa shape index (κ3) is 5.26. The SMILES string of the molecule is CCCCCCCCCCc1cc(C)c(O)c(-n2nc3ccc(Cl)cc3n2)c1. The Morgan fingerprint density at radius 2 is 1.57 bits per heavy atom. The van der Waals surface area contributed by atoms with Crippen LogP contribution in [0, 0.1) is 6.92 Å². The summed E-state index contributed by atoms with van der Waals surface area (Å²) in [5.41, 5.74) is 4.18. The lowest BCUT2D eigenvalue weighted by atomic mass is 10.0. The Bertz CT molecular complexity index is 920. The number of unbranched alkanes of at least 4 members (excludes halogenated alkanes) is 7. The van der Waals surface area contributed by atoms with Gasteiger partial charge in [0.05, 0.1) is 0 Å². The van der Waals surface area contributed by atoms with Crippen LogP contribution < -0.4 is 0 Å². The van der Waals surface area contributed by atoms with Gasteiger partial charge in [0.1, 0.15) is 22.5 Å². The number of phenolic OH excluding ortho intramolecular Hbond substituents is 1. The summed E-state index contributed by atoms with van der Waals surface area (Å²) in [7, 11) is 0. The molecule has 3 rings (SSSR count). The van der Waals surface area contributed by atoms with E-state index in [0.29, 0.717) is 10.7 Å². The summed E-state index contributed by atoms with van der Waals surface area (Å²) in [5.74, 6) is 0.228. The fraction of sp³-hybridized carbons (Fsp3) is 0.478. The van der Waals surface area contributed by atoms with Crippen molar-refractivity contribution in [3.8, 4) is 11.4 Å². The molecule has 150 valence electrons. The van der Waals surface area contributed by atoms with E-state index < -0.39 is 0 Å². The third-order valence-corrected chi connectivity index (χ3v) is 5.45. The van der Waals surface area contributed by atoms with E-state index in [0.717, 1.165) is 23.0 Å². The molecule has 0 spiro atoms. The van der Waals surface area contributed by atoms with Gasteiger partial charge in [0, 0.05) is 5.02 Å². The molecular weight excluding hydrogens is 370 g/mol. The molecule has 2 aromatic carbocycles. The number of benzene rings is 2. The molecule has 0 unspecified atom stereocenters. The van der Waals surface area contributed by atoms with E-state index >= 15 is 0 Å². The first kappa shape index (κ1) is 20.7. The van der Waals surface area contributed by atoms with Crippen molar-refractivity contribution < 1.29 is 5.11 Å². The topological polar surface area (TPSA) is 50.9 Å². The first-order valence-corrected chi connectivity index (χ1v) is 10.8. The molecule has 28 heavy (non-hydrogen) atoms. The highest BCUT2D eigenvalue weighted by Crippen LogP contribution is 2.28. The maximum absolute atomic E-state index is 10.5. The van der Waals surface area contributed by atoms with Crippen LogP contribution in [0.25, 0.3) is 16.7 Å². The highest BCUT2D eigenvalue weighted by atomic mass is 35.5. The minimum absolute atomic E-state index is 0.228. The maximum atomic E-state index is 10.5. The van der Waals surface area contributed by atoms with Crippen LogP contribution in [0.5, 0.6) is 5.75 Å². The largest absolute Gasteiger partial charge is 0.505 e. The molecule has 0 saturated carbocycles. The van der Waals surface area contributed by atoms with Gasteiger partial charge in [0.15, 0.2) is 0 Å². The molecular formula is C23H30ClN3O. The van der Waals surface area contributed by atoms with Crippen LogP contribution in [0.15, 0.2) is 30.3 Å². The van der Waals surface area contributed by atoms with Gasteiger partial charge in [-0.05, 0) is 55.2 Å². The minimum atomic E-state index is 0.228. The molecule has 1 heterocycles. The predicted octanol–water partition coefficient (Wildman–Crippen LogP) is 6.77. The van der Waals surface area contributed by atoms with Gasteiger partial charge in [0.25, 0.3) is 0 Å². The number of hydrogen-bond acceptors (Lipinski definition) is 3. The molecule has 3 aromatic rings. The third-order valence-electron chi connectivity index (χ3n) is 5.22. The zero-order chi connectivity index (χ0) is 19.9. The van der Waals surface area contributed by atoms with E-state index in [1.165, 1.54) is 61.7 Å². The Kier molecular flexibility index (Phi) is 7.32. The van der Waals surface area contributed by atoms with E-state index in [2.05, 4.69) is 23.2 Å². The number of phenols is 1. The number of rotatable bonds is 10. The van der Waals surface area contributed by atoms with E-state index in [9.17, 15) is 5.11 Å². The maximum Gasteiger partial charge on any atom is 0.146 e. The Hall–Kier alpha value is -2.07. The molecule has 0 aliphatic carbocycles. The van der Waals surface area contributed by atoms with Crippen molar-refractivity contribution in [3.05, 3.63) is 46.5 Å². The summed E-state index contributed by atoms with van der Waals surface area (Å²) in [6, 6.07) is 9.50. The van der Waals surface area contributed by atoms with Gasteiger partial charge in [-0.3, -0.25) is 0 Å². The van der Waals surface area contributed by atoms with Crippen LogP contribution in [0.2, 0.25) is 5.02 Å². The second kappa shape index (κ2) is 9.92. The van der Waals surface area contributed by atoms with Crippen LogP contribution in [0.1, 0.15) is 69.4 Å². The molecule has 5 heteroatoms. The van der Waals surface area contributed by atoms with Gasteiger partial charge in [-0.1, -0.05) is 69.5 Å². The molecule has 0 aliphatic heterocycles. The average Bonchev–Trinajstić information content (AvgIpc) is 3.09. The van der Waals surface area contributed by atoms with Crippen molar-refractivity contribution in [2.24, 2.45) is 0 Å². The highest BCUT2D eigenvalue weighted by molar-refractivity contribution is 6.31. The summed E-state index contributed by atoms with van der Waals surface area (Å²) in [5, 5.41) is 20.2. The number of aryl methyl sites for hydroxylation is 2. The molecule has 0 radical (unpaired) electrons. The first-order chi connectivity index (χ1) is 13.6. The molecule has 1 N–H and O–H groups in total. The monoisotopic (exact) mass is 399 g/mol. The molecule has 0 amide bonds. The van der Waals surface area contributed by atoms with Crippen LogP contribution >= 0.6 is 11.6 Å². The molecule has 0 atom stereocenters. The number of nitrogens with zero attached hydrogens (tertiary/aromatic N) is 3. The van der Waals surface area contributed by atoms with Crippen LogP contribution in [-0.4, -0.2) is 20.1 Å². The second-order valence-corrected chi connectivity index (χ2v) is 8.06. The number of aromatic nitrogens is 3. The summed E-state index contributed by atoms with van der Waals surface area (Å²) in [6.07, 6.45) is 11.5. The fourth-order valence-corrected chi connectivity index (χ4v) is 3.76. The van der Waals surface area contributed by atoms with E-state index in [1.807, 2.05) is 19.1 Å². The van der Waals surface area contributed by atoms with Crippen molar-refractivity contribution in [2.75, 3.05) is 0 Å². The fourth-order valence-electron chi connectivity index (χ4n) is 3.59. The van der Waals surface area contributed by atoms with Crippen LogP contribution in [-0.2, 0) is 6.42 Å². The molecule has 4 nitrogen and oxygen atoms in total. The van der Waals surface area contributed by atoms with E-state index in [4.69, 9.17) is 11.6 Å². The van der Waals surface area contributed by atoms with Gasteiger partial charge in [-0.2, -0.15) is 0 Å². The molecule has 0 aliphatic rings. The predicted molar refractivity (Wildman–Crippen MR) is 117 cm³/mol. The Balaban J connectivity index is 1.65. The van der Waals surface area contributed by atoms with Crippen molar-refractivity contribution >= 4 is 22.6 Å². The van der Waals surface area contributed by atoms with Gasteiger partial charge in [0.2, 0.25) is 0 Å². The van der Waals surface area contributed by atoms with Crippen molar-refractivity contribution in [1.29, 1.82) is 0 Å². The van der Waals surface area contributed by atoms with Gasteiger partial charge >= 0.3 is 0 Å².